The second-order valence-corrected chi connectivity index (χ2v) is 6.18. The van der Waals surface area contributed by atoms with Crippen molar-refractivity contribution in [3.05, 3.63) is 18.0 Å². The third-order valence-electron chi connectivity index (χ3n) is 4.63. The first kappa shape index (κ1) is 15.2. The van der Waals surface area contributed by atoms with Gasteiger partial charge in [0, 0.05) is 44.6 Å². The van der Waals surface area contributed by atoms with Crippen molar-refractivity contribution in [1.82, 2.24) is 20.2 Å². The Morgan fingerprint density at radius 1 is 1.18 bits per heavy atom. The normalized spacial score (nSPS) is 22.8. The summed E-state index contributed by atoms with van der Waals surface area (Å²) in [6, 6.07) is -0.0167. The van der Waals surface area contributed by atoms with Crippen molar-refractivity contribution in [1.29, 1.82) is 0 Å². The van der Waals surface area contributed by atoms with Gasteiger partial charge >= 0.3 is 0 Å². The van der Waals surface area contributed by atoms with E-state index in [9.17, 15) is 4.79 Å². The predicted octanol–water partition coefficient (Wildman–Crippen LogP) is 1.18. The number of nitrogens with zero attached hydrogens (tertiary/aromatic N) is 4. The Morgan fingerprint density at radius 2 is 1.86 bits per heavy atom. The minimum atomic E-state index is -0.0167. The van der Waals surface area contributed by atoms with Crippen LogP contribution in [-0.4, -0.2) is 53.5 Å². The lowest BCUT2D eigenvalue weighted by Gasteiger charge is -2.34. The van der Waals surface area contributed by atoms with Gasteiger partial charge in [-0.1, -0.05) is 6.42 Å². The van der Waals surface area contributed by atoms with Crippen molar-refractivity contribution in [2.45, 2.75) is 44.7 Å². The van der Waals surface area contributed by atoms with Crippen LogP contribution in [0.25, 0.3) is 0 Å². The zero-order valence-electron chi connectivity index (χ0n) is 13.3. The fraction of sp³-hybridized carbons (Fsp3) is 0.688. The van der Waals surface area contributed by atoms with Gasteiger partial charge in [0.25, 0.3) is 0 Å². The molecule has 1 unspecified atom stereocenters. The third-order valence-corrected chi connectivity index (χ3v) is 4.63. The number of carbonyl (C=O) groups excluding carboxylic acids is 1. The van der Waals surface area contributed by atoms with Crippen LogP contribution in [0.4, 0.5) is 5.95 Å². The molecule has 0 radical (unpaired) electrons. The molecule has 0 saturated carbocycles. The lowest BCUT2D eigenvalue weighted by Crippen LogP contribution is -2.48. The number of aromatic nitrogens is 2. The van der Waals surface area contributed by atoms with E-state index in [-0.39, 0.29) is 11.9 Å². The van der Waals surface area contributed by atoms with Crippen LogP contribution in [0, 0.1) is 0 Å². The average molecular weight is 303 g/mol. The van der Waals surface area contributed by atoms with E-state index in [4.69, 9.17) is 0 Å². The van der Waals surface area contributed by atoms with Gasteiger partial charge in [-0.2, -0.15) is 0 Å². The van der Waals surface area contributed by atoms with Crippen LogP contribution >= 0.6 is 0 Å². The molecule has 0 aliphatic carbocycles. The number of likely N-dealkylation sites (tertiary alicyclic amines) is 1. The van der Waals surface area contributed by atoms with E-state index in [1.165, 1.54) is 12.8 Å². The largest absolute Gasteiger partial charge is 0.358 e. The Bertz CT molecular complexity index is 498. The lowest BCUT2D eigenvalue weighted by atomic mass is 10.0. The van der Waals surface area contributed by atoms with Gasteiger partial charge in [0.2, 0.25) is 11.9 Å². The van der Waals surface area contributed by atoms with Crippen LogP contribution in [0.2, 0.25) is 0 Å². The summed E-state index contributed by atoms with van der Waals surface area (Å²) in [7, 11) is 1.71. The Morgan fingerprint density at radius 3 is 2.55 bits per heavy atom. The van der Waals surface area contributed by atoms with E-state index in [2.05, 4.69) is 25.1 Å². The number of rotatable bonds is 4. The van der Waals surface area contributed by atoms with Gasteiger partial charge < -0.3 is 10.2 Å². The molecule has 120 valence electrons. The zero-order chi connectivity index (χ0) is 15.4. The second kappa shape index (κ2) is 7.05. The maximum atomic E-state index is 12.0. The number of carbonyl (C=O) groups is 1. The molecule has 0 spiro atoms. The zero-order valence-corrected chi connectivity index (χ0v) is 13.3. The second-order valence-electron chi connectivity index (χ2n) is 6.18. The number of hydrogen-bond acceptors (Lipinski definition) is 5. The highest BCUT2D eigenvalue weighted by Crippen LogP contribution is 2.20. The molecule has 2 aliphatic rings. The summed E-state index contributed by atoms with van der Waals surface area (Å²) in [6.07, 6.45) is 9.50. The van der Waals surface area contributed by atoms with Crippen molar-refractivity contribution in [3.63, 3.8) is 0 Å². The average Bonchev–Trinajstić information content (AvgIpc) is 3.10. The summed E-state index contributed by atoms with van der Waals surface area (Å²) >= 11 is 0. The van der Waals surface area contributed by atoms with Gasteiger partial charge in [-0.25, -0.2) is 9.97 Å². The van der Waals surface area contributed by atoms with Crippen LogP contribution in [0.1, 0.15) is 37.7 Å². The van der Waals surface area contributed by atoms with E-state index < -0.39 is 0 Å². The standard InChI is InChI=1S/C16H25N5O/c1-17-15(22)14-6-2-3-9-21(14)12-13-10-18-16(19-11-13)20-7-4-5-8-20/h10-11,14H,2-9,12H2,1H3,(H,17,22). The van der Waals surface area contributed by atoms with Crippen molar-refractivity contribution >= 4 is 11.9 Å². The first-order valence-electron chi connectivity index (χ1n) is 8.29. The summed E-state index contributed by atoms with van der Waals surface area (Å²) in [6.45, 7) is 3.83. The van der Waals surface area contributed by atoms with Gasteiger partial charge in [-0.15, -0.1) is 0 Å². The molecule has 2 aliphatic heterocycles. The first-order valence-corrected chi connectivity index (χ1v) is 8.29. The highest BCUT2D eigenvalue weighted by atomic mass is 16.2. The van der Waals surface area contributed by atoms with Gasteiger partial charge in [-0.3, -0.25) is 9.69 Å². The number of nitrogens with one attached hydrogen (secondary N) is 1. The van der Waals surface area contributed by atoms with Crippen molar-refractivity contribution in [3.8, 4) is 0 Å². The number of likely N-dealkylation sites (N-methyl/N-ethyl adjacent to an activating group) is 1. The predicted molar refractivity (Wildman–Crippen MR) is 85.6 cm³/mol. The molecule has 0 aromatic carbocycles. The Labute approximate surface area is 131 Å². The molecule has 3 heterocycles. The highest BCUT2D eigenvalue weighted by Gasteiger charge is 2.28. The summed E-state index contributed by atoms with van der Waals surface area (Å²) in [5.74, 6) is 0.956. The number of hydrogen-bond donors (Lipinski definition) is 1. The summed E-state index contributed by atoms with van der Waals surface area (Å²) in [5.41, 5.74) is 1.08. The molecule has 1 N–H and O–H groups in total. The van der Waals surface area contributed by atoms with Gasteiger partial charge in [0.15, 0.2) is 0 Å². The molecule has 2 saturated heterocycles. The van der Waals surface area contributed by atoms with E-state index in [0.717, 1.165) is 57.0 Å². The molecule has 3 rings (SSSR count). The summed E-state index contributed by atoms with van der Waals surface area (Å²) in [5, 5.41) is 2.78. The SMILES string of the molecule is CNC(=O)C1CCCCN1Cc1cnc(N2CCCC2)nc1. The minimum Gasteiger partial charge on any atom is -0.358 e. The molecule has 1 aromatic rings. The molecular weight excluding hydrogens is 278 g/mol. The number of anilines is 1. The fourth-order valence-electron chi connectivity index (χ4n) is 3.39. The lowest BCUT2D eigenvalue weighted by molar-refractivity contribution is -0.127. The number of amides is 1. The molecule has 2 fully saturated rings. The van der Waals surface area contributed by atoms with Crippen LogP contribution in [0.15, 0.2) is 12.4 Å². The molecule has 1 amide bonds. The van der Waals surface area contributed by atoms with E-state index >= 15 is 0 Å². The van der Waals surface area contributed by atoms with Gasteiger partial charge in [-0.05, 0) is 32.2 Å². The monoisotopic (exact) mass is 303 g/mol. The van der Waals surface area contributed by atoms with E-state index in [1.807, 2.05) is 12.4 Å². The quantitative estimate of drug-likeness (QED) is 0.905. The molecular formula is C16H25N5O. The van der Waals surface area contributed by atoms with Crippen LogP contribution in [-0.2, 0) is 11.3 Å². The third kappa shape index (κ3) is 3.38. The van der Waals surface area contributed by atoms with Crippen LogP contribution < -0.4 is 10.2 Å². The molecule has 1 aromatic heterocycles. The number of piperidine rings is 1. The minimum absolute atomic E-state index is 0.0167. The molecule has 6 nitrogen and oxygen atoms in total. The van der Waals surface area contributed by atoms with Crippen LogP contribution in [0.5, 0.6) is 0 Å². The molecule has 1 atom stereocenters. The molecule has 22 heavy (non-hydrogen) atoms. The van der Waals surface area contributed by atoms with Gasteiger partial charge in [0.1, 0.15) is 0 Å². The molecule has 0 bridgehead atoms. The fourth-order valence-corrected chi connectivity index (χ4v) is 3.39. The summed E-state index contributed by atoms with van der Waals surface area (Å²) < 4.78 is 0. The smallest absolute Gasteiger partial charge is 0.237 e. The van der Waals surface area contributed by atoms with E-state index in [0.29, 0.717) is 0 Å². The Kier molecular flexibility index (Phi) is 4.87. The maximum Gasteiger partial charge on any atom is 0.237 e. The Hall–Kier alpha value is -1.69. The first-order chi connectivity index (χ1) is 10.8. The van der Waals surface area contributed by atoms with E-state index in [1.54, 1.807) is 7.05 Å². The van der Waals surface area contributed by atoms with Gasteiger partial charge in [0.05, 0.1) is 6.04 Å². The summed E-state index contributed by atoms with van der Waals surface area (Å²) in [4.78, 5) is 25.5. The Balaban J connectivity index is 1.64. The van der Waals surface area contributed by atoms with Crippen molar-refractivity contribution in [2.75, 3.05) is 31.6 Å². The molecule has 6 heteroatoms. The van der Waals surface area contributed by atoms with Crippen molar-refractivity contribution in [2.24, 2.45) is 0 Å². The van der Waals surface area contributed by atoms with Crippen molar-refractivity contribution < 1.29 is 4.79 Å². The topological polar surface area (TPSA) is 61.4 Å². The van der Waals surface area contributed by atoms with Crippen LogP contribution in [0.3, 0.4) is 0 Å². The highest BCUT2D eigenvalue weighted by molar-refractivity contribution is 5.81. The maximum absolute atomic E-state index is 12.0.